The predicted octanol–water partition coefficient (Wildman–Crippen LogP) is 4.11. The Hall–Kier alpha value is -2.33. The van der Waals surface area contributed by atoms with Crippen LogP contribution in [0.1, 0.15) is 21.5 Å². The highest BCUT2D eigenvalue weighted by molar-refractivity contribution is 6.32. The number of hydrogen-bond acceptors (Lipinski definition) is 3. The van der Waals surface area contributed by atoms with Crippen molar-refractivity contribution in [2.45, 2.75) is 6.92 Å². The Balaban J connectivity index is 2.10. The highest BCUT2D eigenvalue weighted by atomic mass is 35.5. The van der Waals surface area contributed by atoms with Crippen molar-refractivity contribution in [2.24, 2.45) is 0 Å². The molecule has 0 radical (unpaired) electrons. The summed E-state index contributed by atoms with van der Waals surface area (Å²) < 4.78 is 19.2. The van der Waals surface area contributed by atoms with Gasteiger partial charge in [-0.25, -0.2) is 4.39 Å². The summed E-state index contributed by atoms with van der Waals surface area (Å²) in [5.74, 6) is -0.658. The van der Waals surface area contributed by atoms with Gasteiger partial charge in [0.25, 0.3) is 0 Å². The maximum Gasteiger partial charge on any atom is 0.232 e. The summed E-state index contributed by atoms with van der Waals surface area (Å²) in [4.78, 5) is 12.3. The molecule has 2 aromatic carbocycles. The van der Waals surface area contributed by atoms with Gasteiger partial charge in [-0.3, -0.25) is 4.79 Å². The summed E-state index contributed by atoms with van der Waals surface area (Å²) in [6.45, 7) is 1.69. The van der Waals surface area contributed by atoms with E-state index in [1.165, 1.54) is 36.4 Å². The molecule has 0 aromatic heterocycles. The summed E-state index contributed by atoms with van der Waals surface area (Å²) in [5, 5.41) is 9.73. The van der Waals surface area contributed by atoms with Crippen molar-refractivity contribution in [2.75, 3.05) is 0 Å². The van der Waals surface area contributed by atoms with Crippen molar-refractivity contribution >= 4 is 23.5 Å². The Labute approximate surface area is 125 Å². The molecule has 0 amide bonds. The molecular formula is C16H10ClFO3. The third kappa shape index (κ3) is 2.28. The molecule has 0 saturated heterocycles. The Kier molecular flexibility index (Phi) is 3.18. The van der Waals surface area contributed by atoms with Gasteiger partial charge < -0.3 is 9.84 Å². The number of ketones is 1. The minimum absolute atomic E-state index is 0.00391. The van der Waals surface area contributed by atoms with Crippen LogP contribution in [0.5, 0.6) is 11.5 Å². The van der Waals surface area contributed by atoms with E-state index in [1.54, 1.807) is 6.92 Å². The second-order valence-corrected chi connectivity index (χ2v) is 5.12. The molecule has 3 rings (SSSR count). The van der Waals surface area contributed by atoms with E-state index in [0.29, 0.717) is 11.1 Å². The lowest BCUT2D eigenvalue weighted by Crippen LogP contribution is -2.00. The normalized spacial score (nSPS) is 15.2. The van der Waals surface area contributed by atoms with E-state index in [9.17, 15) is 14.3 Å². The average Bonchev–Trinajstić information content (AvgIpc) is 2.70. The molecule has 0 aliphatic carbocycles. The van der Waals surface area contributed by atoms with Gasteiger partial charge in [-0.15, -0.1) is 0 Å². The highest BCUT2D eigenvalue weighted by Gasteiger charge is 2.30. The first-order valence-corrected chi connectivity index (χ1v) is 6.57. The number of halogens is 2. The minimum atomic E-state index is -0.540. The highest BCUT2D eigenvalue weighted by Crippen LogP contribution is 2.37. The van der Waals surface area contributed by atoms with Crippen molar-refractivity contribution in [3.8, 4) is 11.5 Å². The standard InChI is InChI=1S/C16H10ClFO3/c1-8-5-9(19)6-13-15(8)16(20)14(21-13)7-10-11(17)3-2-4-12(10)18/h2-7,19H,1H3/b14-7+. The van der Waals surface area contributed by atoms with Gasteiger partial charge in [0.05, 0.1) is 10.6 Å². The number of hydrogen-bond donors (Lipinski definition) is 1. The van der Waals surface area contributed by atoms with E-state index in [0.717, 1.165) is 0 Å². The number of allylic oxidation sites excluding steroid dienone is 1. The second-order valence-electron chi connectivity index (χ2n) is 4.71. The average molecular weight is 305 g/mol. The molecule has 0 fully saturated rings. The molecule has 106 valence electrons. The molecule has 0 unspecified atom stereocenters. The van der Waals surface area contributed by atoms with Crippen LogP contribution >= 0.6 is 11.6 Å². The van der Waals surface area contributed by atoms with Crippen LogP contribution in [0.25, 0.3) is 6.08 Å². The zero-order valence-electron chi connectivity index (χ0n) is 11.0. The topological polar surface area (TPSA) is 46.5 Å². The summed E-state index contributed by atoms with van der Waals surface area (Å²) in [6.07, 6.45) is 1.27. The van der Waals surface area contributed by atoms with Gasteiger partial charge in [0.15, 0.2) is 5.76 Å². The molecule has 0 bridgehead atoms. The van der Waals surface area contributed by atoms with E-state index < -0.39 is 5.82 Å². The Morgan fingerprint density at radius 3 is 2.81 bits per heavy atom. The smallest absolute Gasteiger partial charge is 0.232 e. The van der Waals surface area contributed by atoms with Gasteiger partial charge in [0, 0.05) is 11.6 Å². The van der Waals surface area contributed by atoms with Crippen LogP contribution < -0.4 is 4.74 Å². The zero-order valence-corrected chi connectivity index (χ0v) is 11.7. The van der Waals surface area contributed by atoms with E-state index >= 15 is 0 Å². The van der Waals surface area contributed by atoms with Crippen LogP contribution in [0.3, 0.4) is 0 Å². The summed E-state index contributed by atoms with van der Waals surface area (Å²) in [5.41, 5.74) is 1.06. The zero-order chi connectivity index (χ0) is 15.1. The fourth-order valence-electron chi connectivity index (χ4n) is 2.27. The van der Waals surface area contributed by atoms with Crippen molar-refractivity contribution in [3.63, 3.8) is 0 Å². The number of aryl methyl sites for hydroxylation is 1. The molecule has 1 aliphatic rings. The molecule has 21 heavy (non-hydrogen) atoms. The predicted molar refractivity (Wildman–Crippen MR) is 77.2 cm³/mol. The molecule has 5 heteroatoms. The number of phenolic OH excluding ortho intramolecular Hbond substituents is 1. The number of carbonyl (C=O) groups excluding carboxylic acids is 1. The van der Waals surface area contributed by atoms with E-state index in [4.69, 9.17) is 16.3 Å². The van der Waals surface area contributed by atoms with Crippen LogP contribution in [0.15, 0.2) is 36.1 Å². The molecule has 3 nitrogen and oxygen atoms in total. The van der Waals surface area contributed by atoms with E-state index in [1.807, 2.05) is 0 Å². The minimum Gasteiger partial charge on any atom is -0.508 e. The number of rotatable bonds is 1. The number of benzene rings is 2. The van der Waals surface area contributed by atoms with Crippen LogP contribution in [-0.4, -0.2) is 10.9 Å². The number of Topliss-reactive ketones (excluding diaryl/α,β-unsaturated/α-hetero) is 1. The number of carbonyl (C=O) groups is 1. The first-order valence-electron chi connectivity index (χ1n) is 6.19. The number of fused-ring (bicyclic) bond motifs is 1. The molecule has 0 spiro atoms. The number of phenols is 1. The molecule has 1 heterocycles. The van der Waals surface area contributed by atoms with Gasteiger partial charge in [0.1, 0.15) is 17.3 Å². The third-order valence-electron chi connectivity index (χ3n) is 3.23. The molecular weight excluding hydrogens is 295 g/mol. The van der Waals surface area contributed by atoms with Crippen LogP contribution in [-0.2, 0) is 0 Å². The lowest BCUT2D eigenvalue weighted by molar-refractivity contribution is 0.101. The van der Waals surface area contributed by atoms with E-state index in [2.05, 4.69) is 0 Å². The Bertz CT molecular complexity index is 776. The van der Waals surface area contributed by atoms with Crippen molar-refractivity contribution in [1.29, 1.82) is 0 Å². The quantitative estimate of drug-likeness (QED) is 0.807. The molecule has 1 N–H and O–H groups in total. The van der Waals surface area contributed by atoms with Crippen LogP contribution in [0, 0.1) is 12.7 Å². The first kappa shape index (κ1) is 13.6. The molecule has 1 aliphatic heterocycles. The van der Waals surface area contributed by atoms with Crippen molar-refractivity contribution in [3.05, 3.63) is 63.6 Å². The fourth-order valence-corrected chi connectivity index (χ4v) is 2.49. The first-order chi connectivity index (χ1) is 9.97. The third-order valence-corrected chi connectivity index (χ3v) is 3.56. The maximum absolute atomic E-state index is 13.8. The van der Waals surface area contributed by atoms with Crippen molar-refractivity contribution in [1.82, 2.24) is 0 Å². The Morgan fingerprint density at radius 1 is 1.33 bits per heavy atom. The Morgan fingerprint density at radius 2 is 2.10 bits per heavy atom. The van der Waals surface area contributed by atoms with Gasteiger partial charge >= 0.3 is 0 Å². The van der Waals surface area contributed by atoms with Gasteiger partial charge in [-0.05, 0) is 36.8 Å². The SMILES string of the molecule is Cc1cc(O)cc2c1C(=O)/C(=C\c1c(F)cccc1Cl)O2. The van der Waals surface area contributed by atoms with Gasteiger partial charge in [0.2, 0.25) is 5.78 Å². The van der Waals surface area contributed by atoms with Gasteiger partial charge in [-0.1, -0.05) is 17.7 Å². The summed E-state index contributed by atoms with van der Waals surface area (Å²) in [7, 11) is 0. The lowest BCUT2D eigenvalue weighted by atomic mass is 10.0. The molecule has 2 aromatic rings. The van der Waals surface area contributed by atoms with E-state index in [-0.39, 0.29) is 33.6 Å². The number of aromatic hydroxyl groups is 1. The number of ether oxygens (including phenoxy) is 1. The monoisotopic (exact) mass is 304 g/mol. The van der Waals surface area contributed by atoms with Crippen LogP contribution in [0.2, 0.25) is 5.02 Å². The summed E-state index contributed by atoms with van der Waals surface area (Å²) in [6, 6.07) is 7.08. The largest absolute Gasteiger partial charge is 0.508 e. The fraction of sp³-hybridized carbons (Fsp3) is 0.0625. The van der Waals surface area contributed by atoms with Crippen molar-refractivity contribution < 1.29 is 19.0 Å². The summed E-state index contributed by atoms with van der Waals surface area (Å²) >= 11 is 5.93. The van der Waals surface area contributed by atoms with Gasteiger partial charge in [-0.2, -0.15) is 0 Å². The second kappa shape index (κ2) is 4.90. The molecule has 0 atom stereocenters. The van der Waals surface area contributed by atoms with Crippen LogP contribution in [0.4, 0.5) is 4.39 Å². The molecule has 0 saturated carbocycles. The maximum atomic E-state index is 13.8. The lowest BCUT2D eigenvalue weighted by Gasteiger charge is -2.02.